The summed E-state index contributed by atoms with van der Waals surface area (Å²) in [7, 11) is 0. The standard InChI is InChI=1S/C29H34F4N8O2.CH2O2/c1-2-20-17-21(5-6-22(20)28(42)35-9-15-43-16-14-39-10-3-4-11-39)37-26-27-36-18-24(41(27)13-8-34-26)23-19-40(12-7-30)38-25(23)29(31,32)33;2-1-3/h5-6,8,13,17-19H,2-4,7,9-12,14-16H2,1H3,(H,34,37)(H,35,42);1H,(H,2,3). The highest BCUT2D eigenvalue weighted by atomic mass is 19.4. The molecule has 1 aromatic carbocycles. The number of aryl methyl sites for hydroxylation is 2. The lowest BCUT2D eigenvalue weighted by Crippen LogP contribution is -2.29. The van der Waals surface area contributed by atoms with Crippen molar-refractivity contribution in [2.75, 3.05) is 51.4 Å². The first-order valence-corrected chi connectivity index (χ1v) is 14.8. The van der Waals surface area contributed by atoms with E-state index in [1.807, 2.05) is 13.0 Å². The number of halogens is 4. The lowest BCUT2D eigenvalue weighted by atomic mass is 10.0. The summed E-state index contributed by atoms with van der Waals surface area (Å²) in [4.78, 5) is 32.2. The van der Waals surface area contributed by atoms with Crippen LogP contribution in [0, 0.1) is 0 Å². The fraction of sp³-hybridized carbons (Fsp3) is 0.433. The number of fused-ring (bicyclic) bond motifs is 1. The number of nitrogens with one attached hydrogen (secondary N) is 2. The van der Waals surface area contributed by atoms with E-state index < -0.39 is 18.5 Å². The summed E-state index contributed by atoms with van der Waals surface area (Å²) in [6.45, 7) is 5.17. The molecule has 1 aliphatic rings. The fourth-order valence-corrected chi connectivity index (χ4v) is 5.18. The number of carbonyl (C=O) groups is 2. The number of alkyl halides is 4. The van der Waals surface area contributed by atoms with Gasteiger partial charge >= 0.3 is 6.18 Å². The molecule has 46 heavy (non-hydrogen) atoms. The molecule has 248 valence electrons. The van der Waals surface area contributed by atoms with Gasteiger partial charge in [-0.05, 0) is 56.1 Å². The molecule has 1 aliphatic heterocycles. The van der Waals surface area contributed by atoms with E-state index in [2.05, 4.69) is 30.6 Å². The molecule has 0 aliphatic carbocycles. The van der Waals surface area contributed by atoms with E-state index in [4.69, 9.17) is 14.6 Å². The van der Waals surface area contributed by atoms with Crippen molar-refractivity contribution in [3.63, 3.8) is 0 Å². The molecule has 1 saturated heterocycles. The number of anilines is 2. The van der Waals surface area contributed by atoms with Crippen LogP contribution < -0.4 is 10.6 Å². The van der Waals surface area contributed by atoms with Crippen molar-refractivity contribution in [3.8, 4) is 11.3 Å². The summed E-state index contributed by atoms with van der Waals surface area (Å²) in [6, 6.07) is 5.29. The van der Waals surface area contributed by atoms with E-state index in [1.165, 1.54) is 35.8 Å². The Labute approximate surface area is 262 Å². The number of amides is 1. The molecule has 0 unspecified atom stereocenters. The van der Waals surface area contributed by atoms with Crippen LogP contribution in [0.25, 0.3) is 16.9 Å². The molecule has 0 bridgehead atoms. The molecule has 1 fully saturated rings. The Morgan fingerprint density at radius 1 is 1.15 bits per heavy atom. The van der Waals surface area contributed by atoms with Gasteiger partial charge < -0.3 is 25.4 Å². The van der Waals surface area contributed by atoms with Crippen LogP contribution in [-0.2, 0) is 28.7 Å². The average molecular weight is 649 g/mol. The van der Waals surface area contributed by atoms with Crippen molar-refractivity contribution < 1.29 is 37.0 Å². The fourth-order valence-electron chi connectivity index (χ4n) is 5.18. The third kappa shape index (κ3) is 8.57. The number of likely N-dealkylation sites (tertiary alicyclic amines) is 1. The van der Waals surface area contributed by atoms with E-state index in [-0.39, 0.29) is 35.8 Å². The molecule has 3 aromatic heterocycles. The number of hydrogen-bond donors (Lipinski definition) is 3. The summed E-state index contributed by atoms with van der Waals surface area (Å²) in [5.41, 5.74) is 1.08. The molecule has 0 saturated carbocycles. The molecule has 16 heteroatoms. The Kier molecular flexibility index (Phi) is 12.0. The summed E-state index contributed by atoms with van der Waals surface area (Å²) in [5, 5.41) is 16.5. The van der Waals surface area contributed by atoms with E-state index in [0.29, 0.717) is 43.2 Å². The quantitative estimate of drug-likeness (QED) is 0.109. The second-order valence-corrected chi connectivity index (χ2v) is 10.3. The maximum atomic E-state index is 13.7. The molecule has 0 atom stereocenters. The Hall–Kier alpha value is -4.57. The van der Waals surface area contributed by atoms with Gasteiger partial charge in [-0.3, -0.25) is 18.7 Å². The van der Waals surface area contributed by atoms with Gasteiger partial charge in [0.05, 0.1) is 37.2 Å². The highest BCUT2D eigenvalue weighted by Crippen LogP contribution is 2.37. The topological polar surface area (TPSA) is 139 Å². The van der Waals surface area contributed by atoms with E-state index in [0.717, 1.165) is 36.1 Å². The van der Waals surface area contributed by atoms with Gasteiger partial charge in [-0.15, -0.1) is 0 Å². The maximum absolute atomic E-state index is 13.7. The Morgan fingerprint density at radius 2 is 1.91 bits per heavy atom. The Balaban J connectivity index is 0.00000154. The van der Waals surface area contributed by atoms with Gasteiger partial charge in [0.25, 0.3) is 12.4 Å². The molecule has 4 aromatic rings. The molecular formula is C30H36F4N8O4. The number of ether oxygens (including phenoxy) is 1. The zero-order valence-electron chi connectivity index (χ0n) is 25.3. The lowest BCUT2D eigenvalue weighted by molar-refractivity contribution is -0.141. The molecule has 1 amide bonds. The molecule has 3 N–H and O–H groups in total. The smallest absolute Gasteiger partial charge is 0.435 e. The van der Waals surface area contributed by atoms with Crippen LogP contribution in [0.3, 0.4) is 0 Å². The normalized spacial score (nSPS) is 13.4. The number of nitrogens with zero attached hydrogens (tertiary/aromatic N) is 6. The van der Waals surface area contributed by atoms with Crippen LogP contribution in [-0.4, -0.2) is 92.6 Å². The van der Waals surface area contributed by atoms with Crippen LogP contribution in [0.15, 0.2) is 43.0 Å². The number of benzene rings is 1. The highest BCUT2D eigenvalue weighted by Gasteiger charge is 2.38. The van der Waals surface area contributed by atoms with Gasteiger partial charge in [0.15, 0.2) is 17.2 Å². The minimum Gasteiger partial charge on any atom is -0.483 e. The Bertz CT molecular complexity index is 1600. The molecule has 4 heterocycles. The number of imidazole rings is 1. The summed E-state index contributed by atoms with van der Waals surface area (Å²) in [6.07, 6.45) is 3.74. The summed E-state index contributed by atoms with van der Waals surface area (Å²) < 4.78 is 62.1. The number of carbonyl (C=O) groups excluding carboxylic acids is 1. The Morgan fingerprint density at radius 3 is 2.61 bits per heavy atom. The second kappa shape index (κ2) is 16.1. The largest absolute Gasteiger partial charge is 0.483 e. The maximum Gasteiger partial charge on any atom is 0.435 e. The molecule has 0 radical (unpaired) electrons. The van der Waals surface area contributed by atoms with Crippen LogP contribution in [0.1, 0.15) is 41.4 Å². The highest BCUT2D eigenvalue weighted by molar-refractivity contribution is 5.96. The van der Waals surface area contributed by atoms with Crippen molar-refractivity contribution in [1.29, 1.82) is 0 Å². The lowest BCUT2D eigenvalue weighted by Gasteiger charge is -2.15. The minimum atomic E-state index is -4.74. The van der Waals surface area contributed by atoms with E-state index >= 15 is 0 Å². The predicted octanol–water partition coefficient (Wildman–Crippen LogP) is 4.43. The second-order valence-electron chi connectivity index (χ2n) is 10.3. The van der Waals surface area contributed by atoms with Crippen molar-refractivity contribution in [1.82, 2.24) is 34.4 Å². The third-order valence-corrected chi connectivity index (χ3v) is 7.32. The molecular weight excluding hydrogens is 612 g/mol. The van der Waals surface area contributed by atoms with Crippen molar-refractivity contribution in [3.05, 3.63) is 59.8 Å². The van der Waals surface area contributed by atoms with Gasteiger partial charge in [0, 0.05) is 42.9 Å². The number of hydrogen-bond acceptors (Lipinski definition) is 8. The zero-order valence-corrected chi connectivity index (χ0v) is 25.3. The van der Waals surface area contributed by atoms with Crippen LogP contribution >= 0.6 is 0 Å². The van der Waals surface area contributed by atoms with Gasteiger partial charge in [-0.25, -0.2) is 14.4 Å². The van der Waals surface area contributed by atoms with Gasteiger partial charge in [-0.1, -0.05) is 6.92 Å². The summed E-state index contributed by atoms with van der Waals surface area (Å²) >= 11 is 0. The van der Waals surface area contributed by atoms with Crippen molar-refractivity contribution in [2.24, 2.45) is 0 Å². The number of carboxylic acid groups (broad SMARTS) is 1. The van der Waals surface area contributed by atoms with Crippen LogP contribution in [0.2, 0.25) is 0 Å². The first-order chi connectivity index (χ1) is 22.2. The molecule has 0 spiro atoms. The number of aromatic nitrogens is 5. The molecule has 12 nitrogen and oxygen atoms in total. The van der Waals surface area contributed by atoms with Crippen molar-refractivity contribution >= 4 is 29.5 Å². The monoisotopic (exact) mass is 648 g/mol. The van der Waals surface area contributed by atoms with Crippen LogP contribution in [0.5, 0.6) is 0 Å². The summed E-state index contributed by atoms with van der Waals surface area (Å²) in [5.74, 6) is 0.113. The first kappa shape index (κ1) is 34.3. The van der Waals surface area contributed by atoms with Crippen LogP contribution in [0.4, 0.5) is 29.1 Å². The predicted molar refractivity (Wildman–Crippen MR) is 162 cm³/mol. The van der Waals surface area contributed by atoms with Gasteiger partial charge in [0.1, 0.15) is 6.67 Å². The van der Waals surface area contributed by atoms with E-state index in [9.17, 15) is 22.4 Å². The third-order valence-electron chi connectivity index (χ3n) is 7.32. The number of rotatable bonds is 13. The zero-order chi connectivity index (χ0) is 33.1. The minimum absolute atomic E-state index is 0.138. The average Bonchev–Trinajstić information content (AvgIpc) is 3.80. The van der Waals surface area contributed by atoms with Gasteiger partial charge in [0.2, 0.25) is 0 Å². The SMILES string of the molecule is CCc1cc(Nc2nccn3c(-c4cn(CCF)nc4C(F)(F)F)cnc23)ccc1C(=O)NCCOCCN1CCCC1.O=CO. The van der Waals surface area contributed by atoms with Gasteiger partial charge in [-0.2, -0.15) is 18.3 Å². The van der Waals surface area contributed by atoms with E-state index in [1.54, 1.807) is 12.1 Å². The first-order valence-electron chi connectivity index (χ1n) is 14.8. The molecule has 5 rings (SSSR count). The van der Waals surface area contributed by atoms with Crippen molar-refractivity contribution in [2.45, 2.75) is 38.9 Å².